The number of ether oxygens (including phenoxy) is 4. The molecule has 1 fully saturated rings. The summed E-state index contributed by atoms with van der Waals surface area (Å²) in [5.74, 6) is 1.95. The SMILES string of the molecule is COc1cccc(N2CCN(C(=O)CNc3ccc4c(cc3=O)C(NC(C)=O)CCc3cc(OC)c(OC)c(OC)c3-4)CC2)c1. The smallest absolute Gasteiger partial charge is 0.241 e. The zero-order valence-corrected chi connectivity index (χ0v) is 26.4. The van der Waals surface area contributed by atoms with E-state index in [1.807, 2.05) is 36.4 Å². The van der Waals surface area contributed by atoms with E-state index in [4.69, 9.17) is 18.9 Å². The third kappa shape index (κ3) is 6.62. The monoisotopic (exact) mass is 616 g/mol. The Morgan fingerprint density at radius 2 is 1.64 bits per heavy atom. The van der Waals surface area contributed by atoms with Crippen LogP contribution in [0.2, 0.25) is 0 Å². The van der Waals surface area contributed by atoms with Crippen molar-refractivity contribution in [3.63, 3.8) is 0 Å². The molecule has 5 rings (SSSR count). The van der Waals surface area contributed by atoms with Gasteiger partial charge in [0.2, 0.25) is 23.0 Å². The molecule has 0 spiro atoms. The molecular weight excluding hydrogens is 576 g/mol. The summed E-state index contributed by atoms with van der Waals surface area (Å²) < 4.78 is 22.4. The molecule has 0 radical (unpaired) electrons. The van der Waals surface area contributed by atoms with Gasteiger partial charge in [-0.05, 0) is 59.9 Å². The van der Waals surface area contributed by atoms with Gasteiger partial charge in [-0.15, -0.1) is 0 Å². The molecule has 0 aromatic heterocycles. The molecule has 3 aromatic carbocycles. The third-order valence-electron chi connectivity index (χ3n) is 8.40. The topological polar surface area (TPSA) is 119 Å². The number of nitrogens with one attached hydrogen (secondary N) is 2. The molecule has 1 unspecified atom stereocenters. The van der Waals surface area contributed by atoms with Crippen LogP contribution >= 0.6 is 0 Å². The van der Waals surface area contributed by atoms with Crippen LogP contribution in [0.15, 0.2) is 53.3 Å². The lowest BCUT2D eigenvalue weighted by Gasteiger charge is -2.36. The van der Waals surface area contributed by atoms with Crippen LogP contribution in [-0.4, -0.2) is 77.9 Å². The van der Waals surface area contributed by atoms with Crippen molar-refractivity contribution in [3.8, 4) is 34.1 Å². The maximum atomic E-state index is 13.6. The van der Waals surface area contributed by atoms with Crippen molar-refractivity contribution in [2.45, 2.75) is 25.8 Å². The van der Waals surface area contributed by atoms with Gasteiger partial charge in [-0.1, -0.05) is 12.1 Å². The highest BCUT2D eigenvalue weighted by Gasteiger charge is 2.29. The quantitative estimate of drug-likeness (QED) is 0.372. The molecule has 1 aliphatic carbocycles. The molecule has 1 atom stereocenters. The van der Waals surface area contributed by atoms with Crippen molar-refractivity contribution in [2.24, 2.45) is 0 Å². The van der Waals surface area contributed by atoms with E-state index in [-0.39, 0.29) is 29.5 Å². The van der Waals surface area contributed by atoms with Gasteiger partial charge in [0, 0.05) is 50.4 Å². The maximum absolute atomic E-state index is 13.6. The van der Waals surface area contributed by atoms with Crippen LogP contribution < -0.4 is 39.9 Å². The third-order valence-corrected chi connectivity index (χ3v) is 8.40. The van der Waals surface area contributed by atoms with E-state index >= 15 is 0 Å². The Balaban J connectivity index is 1.40. The highest BCUT2D eigenvalue weighted by molar-refractivity contribution is 5.84. The standard InChI is InChI=1S/C34H40N4O7/c1-21(39)36-27-11-9-22-17-30(43-3)33(44-4)34(45-5)32(22)25-10-12-28(29(40)19-26(25)27)35-20-31(41)38-15-13-37(14-16-38)23-7-6-8-24(18-23)42-2/h6-8,10,12,17-19,27H,9,11,13-16,20H2,1-5H3,(H,35,40)(H,36,39). The van der Waals surface area contributed by atoms with E-state index < -0.39 is 6.04 Å². The lowest BCUT2D eigenvalue weighted by Crippen LogP contribution is -2.50. The summed E-state index contributed by atoms with van der Waals surface area (Å²) in [4.78, 5) is 43.0. The van der Waals surface area contributed by atoms with Gasteiger partial charge in [0.05, 0.1) is 46.7 Å². The molecular formula is C34H40N4O7. The van der Waals surface area contributed by atoms with Gasteiger partial charge in [-0.2, -0.15) is 0 Å². The molecule has 11 nitrogen and oxygen atoms in total. The lowest BCUT2D eigenvalue weighted by molar-refractivity contribution is -0.129. The van der Waals surface area contributed by atoms with Crippen LogP contribution in [-0.2, 0) is 16.0 Å². The number of carbonyl (C=O) groups is 2. The van der Waals surface area contributed by atoms with Gasteiger partial charge in [-0.3, -0.25) is 14.4 Å². The van der Waals surface area contributed by atoms with Crippen molar-refractivity contribution in [1.29, 1.82) is 0 Å². The van der Waals surface area contributed by atoms with Crippen molar-refractivity contribution < 1.29 is 28.5 Å². The van der Waals surface area contributed by atoms with Crippen LogP contribution in [0.4, 0.5) is 11.4 Å². The summed E-state index contributed by atoms with van der Waals surface area (Å²) in [5.41, 5.74) is 4.15. The predicted octanol–water partition coefficient (Wildman–Crippen LogP) is 3.63. The number of hydrogen-bond donors (Lipinski definition) is 2. The van der Waals surface area contributed by atoms with E-state index in [9.17, 15) is 14.4 Å². The first-order valence-corrected chi connectivity index (χ1v) is 15.0. The Kier molecular flexibility index (Phi) is 9.65. The van der Waals surface area contributed by atoms with Crippen LogP contribution in [0.1, 0.15) is 30.5 Å². The molecule has 0 bridgehead atoms. The molecule has 45 heavy (non-hydrogen) atoms. The second kappa shape index (κ2) is 13.8. The zero-order valence-electron chi connectivity index (χ0n) is 26.4. The summed E-state index contributed by atoms with van der Waals surface area (Å²) in [7, 11) is 6.32. The van der Waals surface area contributed by atoms with Crippen LogP contribution in [0.5, 0.6) is 23.0 Å². The molecule has 1 saturated heterocycles. The fourth-order valence-corrected chi connectivity index (χ4v) is 6.16. The average molecular weight is 617 g/mol. The zero-order chi connectivity index (χ0) is 32.1. The average Bonchev–Trinajstić information content (AvgIpc) is 3.30. The number of amides is 2. The molecule has 238 valence electrons. The van der Waals surface area contributed by atoms with Gasteiger partial charge in [0.1, 0.15) is 5.75 Å². The Bertz CT molecular complexity index is 1640. The van der Waals surface area contributed by atoms with E-state index in [1.54, 1.807) is 45.5 Å². The summed E-state index contributed by atoms with van der Waals surface area (Å²) in [6.07, 6.45) is 1.17. The number of benzene rings is 2. The molecule has 2 amide bonds. The van der Waals surface area contributed by atoms with Crippen LogP contribution in [0.25, 0.3) is 11.1 Å². The van der Waals surface area contributed by atoms with Crippen molar-refractivity contribution in [2.75, 3.05) is 71.4 Å². The van der Waals surface area contributed by atoms with Crippen molar-refractivity contribution >= 4 is 23.2 Å². The summed E-state index contributed by atoms with van der Waals surface area (Å²) in [5, 5.41) is 6.09. The van der Waals surface area contributed by atoms with Gasteiger partial charge in [0.15, 0.2) is 11.5 Å². The van der Waals surface area contributed by atoms with E-state index in [1.165, 1.54) is 6.92 Å². The number of hydrogen-bond acceptors (Lipinski definition) is 9. The molecule has 0 saturated carbocycles. The molecule has 1 heterocycles. The number of carbonyl (C=O) groups excluding carboxylic acids is 2. The Morgan fingerprint density at radius 3 is 2.31 bits per heavy atom. The molecule has 11 heteroatoms. The summed E-state index contributed by atoms with van der Waals surface area (Å²) in [6, 6.07) is 14.4. The Labute approximate surface area is 263 Å². The lowest BCUT2D eigenvalue weighted by atomic mass is 9.95. The highest BCUT2D eigenvalue weighted by atomic mass is 16.5. The minimum absolute atomic E-state index is 0.0247. The maximum Gasteiger partial charge on any atom is 0.241 e. The molecule has 2 aliphatic rings. The van der Waals surface area contributed by atoms with Crippen molar-refractivity contribution in [3.05, 3.63) is 69.9 Å². The minimum atomic E-state index is -0.415. The van der Waals surface area contributed by atoms with Gasteiger partial charge in [-0.25, -0.2) is 0 Å². The predicted molar refractivity (Wildman–Crippen MR) is 173 cm³/mol. The van der Waals surface area contributed by atoms with Crippen LogP contribution in [0, 0.1) is 0 Å². The number of piperazine rings is 1. The first kappa shape index (κ1) is 31.5. The molecule has 3 aromatic rings. The second-order valence-electron chi connectivity index (χ2n) is 11.0. The first-order valence-electron chi connectivity index (χ1n) is 15.0. The number of nitrogens with zero attached hydrogens (tertiary/aromatic N) is 2. The van der Waals surface area contributed by atoms with Gasteiger partial charge in [0.25, 0.3) is 0 Å². The fraction of sp³-hybridized carbons (Fsp3) is 0.382. The summed E-state index contributed by atoms with van der Waals surface area (Å²) in [6.45, 7) is 3.96. The summed E-state index contributed by atoms with van der Waals surface area (Å²) >= 11 is 0. The Morgan fingerprint density at radius 1 is 0.889 bits per heavy atom. The van der Waals surface area contributed by atoms with Gasteiger partial charge < -0.3 is 39.4 Å². The molecule has 1 aliphatic heterocycles. The van der Waals surface area contributed by atoms with Crippen LogP contribution in [0.3, 0.4) is 0 Å². The minimum Gasteiger partial charge on any atom is -0.497 e. The normalized spacial score (nSPS) is 15.6. The fourth-order valence-electron chi connectivity index (χ4n) is 6.16. The number of fused-ring (bicyclic) bond motifs is 3. The number of rotatable bonds is 9. The van der Waals surface area contributed by atoms with E-state index in [0.717, 1.165) is 28.1 Å². The van der Waals surface area contributed by atoms with E-state index in [2.05, 4.69) is 15.5 Å². The highest BCUT2D eigenvalue weighted by Crippen LogP contribution is 2.50. The largest absolute Gasteiger partial charge is 0.497 e. The first-order chi connectivity index (χ1) is 21.8. The number of methoxy groups -OCH3 is 4. The van der Waals surface area contributed by atoms with Crippen molar-refractivity contribution in [1.82, 2.24) is 10.2 Å². The Hall–Kier alpha value is -4.93. The van der Waals surface area contributed by atoms with Gasteiger partial charge >= 0.3 is 0 Å². The number of anilines is 2. The number of aryl methyl sites for hydroxylation is 1. The van der Waals surface area contributed by atoms with E-state index in [0.29, 0.717) is 61.8 Å². The molecule has 2 N–H and O–H groups in total. The second-order valence-corrected chi connectivity index (χ2v) is 11.0.